The standard InChI is InChI=1S/C6H14NO8P/c7-3-4(9)5(15-16(11,12)13)2(1-8)14-6(3)10/h2-6,8-10H,1,7H2,(H2,11,12,13)/t2-,3-,4-,5-,6-/m1/s1. The van der Waals surface area contributed by atoms with Gasteiger partial charge < -0.3 is 35.6 Å². The molecule has 96 valence electrons. The summed E-state index contributed by atoms with van der Waals surface area (Å²) in [5.74, 6) is 0. The molecule has 1 rings (SSSR count). The molecule has 0 aliphatic carbocycles. The first-order valence-electron chi connectivity index (χ1n) is 4.38. The molecule has 0 bridgehead atoms. The maximum absolute atomic E-state index is 10.6. The Labute approximate surface area is 90.6 Å². The fourth-order valence-corrected chi connectivity index (χ4v) is 1.97. The van der Waals surface area contributed by atoms with Gasteiger partial charge in [0.15, 0.2) is 6.29 Å². The van der Waals surface area contributed by atoms with E-state index in [-0.39, 0.29) is 0 Å². The number of phosphoric acid groups is 1. The van der Waals surface area contributed by atoms with Gasteiger partial charge in [0, 0.05) is 0 Å². The number of aliphatic hydroxyl groups is 3. The van der Waals surface area contributed by atoms with Gasteiger partial charge in [-0.1, -0.05) is 0 Å². The summed E-state index contributed by atoms with van der Waals surface area (Å²) in [6.07, 6.45) is -5.88. The maximum atomic E-state index is 10.6. The van der Waals surface area contributed by atoms with Crippen molar-refractivity contribution in [3.05, 3.63) is 0 Å². The van der Waals surface area contributed by atoms with Crippen LogP contribution in [-0.2, 0) is 13.8 Å². The Balaban J connectivity index is 2.81. The first-order chi connectivity index (χ1) is 7.26. The van der Waals surface area contributed by atoms with E-state index in [1.807, 2.05) is 0 Å². The Morgan fingerprint density at radius 1 is 1.38 bits per heavy atom. The predicted molar refractivity (Wildman–Crippen MR) is 48.9 cm³/mol. The van der Waals surface area contributed by atoms with E-state index < -0.39 is 45.1 Å². The van der Waals surface area contributed by atoms with E-state index in [9.17, 15) is 14.8 Å². The summed E-state index contributed by atoms with van der Waals surface area (Å²) in [4.78, 5) is 17.2. The van der Waals surface area contributed by atoms with E-state index in [4.69, 9.17) is 25.4 Å². The number of ether oxygens (including phenoxy) is 1. The van der Waals surface area contributed by atoms with Gasteiger partial charge in [-0.3, -0.25) is 4.52 Å². The monoisotopic (exact) mass is 259 g/mol. The van der Waals surface area contributed by atoms with Crippen molar-refractivity contribution in [2.45, 2.75) is 30.6 Å². The summed E-state index contributed by atoms with van der Waals surface area (Å²) in [5, 5.41) is 27.6. The van der Waals surface area contributed by atoms with E-state index in [0.717, 1.165) is 0 Å². The lowest BCUT2D eigenvalue weighted by atomic mass is 9.98. The molecule has 16 heavy (non-hydrogen) atoms. The summed E-state index contributed by atoms with van der Waals surface area (Å²) in [7, 11) is -4.86. The van der Waals surface area contributed by atoms with Crippen LogP contribution in [0.1, 0.15) is 0 Å². The minimum Gasteiger partial charge on any atom is -0.394 e. The normalized spacial score (nSPS) is 41.0. The molecule has 0 unspecified atom stereocenters. The van der Waals surface area contributed by atoms with Crippen LogP contribution >= 0.6 is 7.82 Å². The number of hydrogen-bond acceptors (Lipinski definition) is 7. The molecule has 1 aliphatic heterocycles. The summed E-state index contributed by atoms with van der Waals surface area (Å²) < 4.78 is 19.6. The topological polar surface area (TPSA) is 163 Å². The molecule has 0 saturated carbocycles. The van der Waals surface area contributed by atoms with Gasteiger partial charge in [-0.15, -0.1) is 0 Å². The van der Waals surface area contributed by atoms with Crippen molar-refractivity contribution in [3.63, 3.8) is 0 Å². The van der Waals surface area contributed by atoms with Gasteiger partial charge in [-0.25, -0.2) is 4.57 Å². The molecule has 1 heterocycles. The van der Waals surface area contributed by atoms with Gasteiger partial charge in [0.25, 0.3) is 0 Å². The Kier molecular flexibility index (Phi) is 4.41. The Morgan fingerprint density at radius 2 is 1.94 bits per heavy atom. The molecule has 9 nitrogen and oxygen atoms in total. The average molecular weight is 259 g/mol. The molecule has 0 aromatic rings. The third-order valence-electron chi connectivity index (χ3n) is 2.18. The lowest BCUT2D eigenvalue weighted by Crippen LogP contribution is -2.62. The second-order valence-corrected chi connectivity index (χ2v) is 4.57. The summed E-state index contributed by atoms with van der Waals surface area (Å²) in [5.41, 5.74) is 5.31. The zero-order valence-electron chi connectivity index (χ0n) is 8.08. The summed E-state index contributed by atoms with van der Waals surface area (Å²) in [6, 6.07) is -1.28. The number of hydrogen-bond donors (Lipinski definition) is 6. The van der Waals surface area contributed by atoms with Crippen molar-refractivity contribution in [1.29, 1.82) is 0 Å². The summed E-state index contributed by atoms with van der Waals surface area (Å²) in [6.45, 7) is -0.689. The highest BCUT2D eigenvalue weighted by atomic mass is 31.2. The van der Waals surface area contributed by atoms with Crippen LogP contribution in [0.5, 0.6) is 0 Å². The Hall–Kier alpha value is -0.0900. The van der Waals surface area contributed by atoms with Crippen LogP contribution < -0.4 is 5.73 Å². The van der Waals surface area contributed by atoms with Gasteiger partial charge in [0.1, 0.15) is 18.3 Å². The molecular weight excluding hydrogens is 245 g/mol. The third-order valence-corrected chi connectivity index (χ3v) is 2.70. The molecule has 7 N–H and O–H groups in total. The Bertz CT molecular complexity index is 280. The van der Waals surface area contributed by atoms with Crippen LogP contribution in [0.15, 0.2) is 0 Å². The first-order valence-corrected chi connectivity index (χ1v) is 5.91. The molecule has 1 aliphatic rings. The van der Waals surface area contributed by atoms with Crippen molar-refractivity contribution in [2.24, 2.45) is 5.73 Å². The molecule has 0 aromatic heterocycles. The number of phosphoric ester groups is 1. The second kappa shape index (κ2) is 5.05. The fourth-order valence-electron chi connectivity index (χ4n) is 1.39. The molecule has 0 amide bonds. The Morgan fingerprint density at radius 3 is 2.38 bits per heavy atom. The highest BCUT2D eigenvalue weighted by Crippen LogP contribution is 2.40. The van der Waals surface area contributed by atoms with E-state index in [2.05, 4.69) is 4.52 Å². The molecule has 10 heteroatoms. The highest BCUT2D eigenvalue weighted by molar-refractivity contribution is 7.46. The van der Waals surface area contributed by atoms with Crippen LogP contribution in [0.4, 0.5) is 0 Å². The quantitative estimate of drug-likeness (QED) is 0.287. The van der Waals surface area contributed by atoms with Crippen molar-refractivity contribution in [2.75, 3.05) is 6.61 Å². The van der Waals surface area contributed by atoms with Crippen LogP contribution in [0, 0.1) is 0 Å². The van der Waals surface area contributed by atoms with Crippen LogP contribution in [-0.4, -0.2) is 62.4 Å². The highest BCUT2D eigenvalue weighted by Gasteiger charge is 2.46. The average Bonchev–Trinajstić information content (AvgIpc) is 2.17. The zero-order chi connectivity index (χ0) is 12.5. The number of nitrogens with two attached hydrogens (primary N) is 1. The fraction of sp³-hybridized carbons (Fsp3) is 1.00. The molecule has 1 fully saturated rings. The maximum Gasteiger partial charge on any atom is 0.470 e. The lowest BCUT2D eigenvalue weighted by molar-refractivity contribution is -0.245. The molecule has 0 spiro atoms. The minimum absolute atomic E-state index is 0.689. The predicted octanol–water partition coefficient (Wildman–Crippen LogP) is -3.14. The van der Waals surface area contributed by atoms with Crippen LogP contribution in [0.2, 0.25) is 0 Å². The van der Waals surface area contributed by atoms with Crippen molar-refractivity contribution >= 4 is 7.82 Å². The van der Waals surface area contributed by atoms with Gasteiger partial charge in [0.05, 0.1) is 12.6 Å². The van der Waals surface area contributed by atoms with E-state index >= 15 is 0 Å². The van der Waals surface area contributed by atoms with Gasteiger partial charge in [-0.05, 0) is 0 Å². The summed E-state index contributed by atoms with van der Waals surface area (Å²) >= 11 is 0. The SMILES string of the molecule is N[C@@H]1[C@@H](O)[C@H](OP(=O)(O)O)[C@@H](CO)O[C@H]1O. The first kappa shape index (κ1) is 14.0. The molecule has 0 radical (unpaired) electrons. The third kappa shape index (κ3) is 3.20. The minimum atomic E-state index is -4.86. The lowest BCUT2D eigenvalue weighted by Gasteiger charge is -2.40. The number of aliphatic hydroxyl groups excluding tert-OH is 3. The van der Waals surface area contributed by atoms with E-state index in [0.29, 0.717) is 0 Å². The van der Waals surface area contributed by atoms with Crippen LogP contribution in [0.25, 0.3) is 0 Å². The zero-order valence-corrected chi connectivity index (χ0v) is 8.97. The van der Waals surface area contributed by atoms with Crippen LogP contribution in [0.3, 0.4) is 0 Å². The largest absolute Gasteiger partial charge is 0.470 e. The molecule has 1 saturated heterocycles. The van der Waals surface area contributed by atoms with Gasteiger partial charge in [-0.2, -0.15) is 0 Å². The van der Waals surface area contributed by atoms with Crippen molar-refractivity contribution in [1.82, 2.24) is 0 Å². The van der Waals surface area contributed by atoms with Crippen molar-refractivity contribution < 1.29 is 38.9 Å². The second-order valence-electron chi connectivity index (χ2n) is 3.38. The molecule has 5 atom stereocenters. The van der Waals surface area contributed by atoms with Crippen molar-refractivity contribution in [3.8, 4) is 0 Å². The molecular formula is C6H14NO8P. The number of rotatable bonds is 3. The van der Waals surface area contributed by atoms with Gasteiger partial charge >= 0.3 is 7.82 Å². The van der Waals surface area contributed by atoms with Gasteiger partial charge in [0.2, 0.25) is 0 Å². The van der Waals surface area contributed by atoms with E-state index in [1.54, 1.807) is 0 Å². The smallest absolute Gasteiger partial charge is 0.394 e. The van der Waals surface area contributed by atoms with E-state index in [1.165, 1.54) is 0 Å². The molecule has 0 aromatic carbocycles.